The van der Waals surface area contributed by atoms with Gasteiger partial charge in [-0.2, -0.15) is 5.10 Å². The Kier molecular flexibility index (Phi) is 3.70. The Morgan fingerprint density at radius 2 is 2.14 bits per heavy atom. The zero-order valence-corrected chi connectivity index (χ0v) is 12.3. The summed E-state index contributed by atoms with van der Waals surface area (Å²) < 4.78 is 1.70. The highest BCUT2D eigenvalue weighted by Crippen LogP contribution is 2.33. The van der Waals surface area contributed by atoms with E-state index in [1.807, 2.05) is 32.3 Å². The van der Waals surface area contributed by atoms with Crippen LogP contribution in [0.5, 0.6) is 0 Å². The van der Waals surface area contributed by atoms with E-state index in [9.17, 15) is 4.79 Å². The molecule has 0 saturated carbocycles. The molecular weight excluding hydrogens is 266 g/mol. The van der Waals surface area contributed by atoms with Crippen LogP contribution in [-0.4, -0.2) is 34.3 Å². The molecule has 0 radical (unpaired) electrons. The van der Waals surface area contributed by atoms with Crippen molar-refractivity contribution in [3.05, 3.63) is 42.0 Å². The molecule has 1 aromatic heterocycles. The van der Waals surface area contributed by atoms with Crippen LogP contribution in [0.1, 0.15) is 23.9 Å². The number of amides is 1. The number of benzene rings is 1. The molecule has 1 aromatic carbocycles. The number of carbonyl (C=O) groups is 1. The number of hydrogen-bond donors (Lipinski definition) is 1. The van der Waals surface area contributed by atoms with Crippen molar-refractivity contribution < 1.29 is 4.79 Å². The summed E-state index contributed by atoms with van der Waals surface area (Å²) in [6.07, 6.45) is 2.94. The molecule has 0 aliphatic carbocycles. The van der Waals surface area contributed by atoms with Gasteiger partial charge >= 0.3 is 0 Å². The van der Waals surface area contributed by atoms with E-state index >= 15 is 0 Å². The summed E-state index contributed by atoms with van der Waals surface area (Å²) in [7, 11) is 3.69. The predicted octanol–water partition coefficient (Wildman–Crippen LogP) is 1.05. The smallest absolute Gasteiger partial charge is 0.228 e. The average Bonchev–Trinajstić information content (AvgIpc) is 2.90. The maximum atomic E-state index is 12.1. The molecular formula is C15H19N5O. The number of hydrogen-bond acceptors (Lipinski definition) is 4. The number of fused-ring (bicyclic) bond motifs is 1. The first-order chi connectivity index (χ1) is 10.1. The molecule has 110 valence electrons. The average molecular weight is 285 g/mol. The van der Waals surface area contributed by atoms with E-state index in [0.717, 1.165) is 24.5 Å². The molecule has 6 nitrogen and oxygen atoms in total. The molecule has 1 N–H and O–H groups in total. The molecule has 21 heavy (non-hydrogen) atoms. The van der Waals surface area contributed by atoms with E-state index in [1.165, 1.54) is 5.56 Å². The van der Waals surface area contributed by atoms with Gasteiger partial charge in [-0.1, -0.05) is 18.2 Å². The van der Waals surface area contributed by atoms with Crippen LogP contribution < -0.4 is 10.2 Å². The minimum absolute atomic E-state index is 0.0635. The number of nitrogens with one attached hydrogen (secondary N) is 1. The molecule has 2 aromatic rings. The minimum atomic E-state index is 0.0635. The van der Waals surface area contributed by atoms with Gasteiger partial charge in [0.15, 0.2) is 5.82 Å². The number of nitrogens with zero attached hydrogens (tertiary/aromatic N) is 4. The van der Waals surface area contributed by atoms with Gasteiger partial charge in [0.2, 0.25) is 5.91 Å². The number of aryl methyl sites for hydroxylation is 1. The topological polar surface area (TPSA) is 63.1 Å². The van der Waals surface area contributed by atoms with Gasteiger partial charge in [0.25, 0.3) is 0 Å². The first-order valence-electron chi connectivity index (χ1n) is 7.08. The summed E-state index contributed by atoms with van der Waals surface area (Å²) in [5, 5.41) is 7.70. The Morgan fingerprint density at radius 3 is 2.90 bits per heavy atom. The quantitative estimate of drug-likeness (QED) is 0.912. The summed E-state index contributed by atoms with van der Waals surface area (Å²) in [5.74, 6) is 0.958. The third kappa shape index (κ3) is 2.80. The third-order valence-electron chi connectivity index (χ3n) is 3.81. The molecule has 1 unspecified atom stereocenters. The Balaban J connectivity index is 1.68. The van der Waals surface area contributed by atoms with Crippen molar-refractivity contribution in [1.82, 2.24) is 20.1 Å². The minimum Gasteiger partial charge on any atom is -0.315 e. The summed E-state index contributed by atoms with van der Waals surface area (Å²) >= 11 is 0. The number of rotatable bonds is 4. The van der Waals surface area contributed by atoms with Crippen LogP contribution in [0, 0.1) is 0 Å². The molecule has 1 aliphatic heterocycles. The second kappa shape index (κ2) is 5.65. The standard InChI is InChI=1S/C15H19N5O/c1-19-10-17-14(18-19)7-8-16-12-9-15(21)20(2)13-6-4-3-5-11(12)13/h3-6,10,12,16H,7-9H2,1-2H3. The molecule has 0 saturated heterocycles. The van der Waals surface area contributed by atoms with Crippen molar-refractivity contribution >= 4 is 11.6 Å². The highest BCUT2D eigenvalue weighted by atomic mass is 16.2. The molecule has 0 fully saturated rings. The lowest BCUT2D eigenvalue weighted by Crippen LogP contribution is -2.38. The van der Waals surface area contributed by atoms with Crippen molar-refractivity contribution in [1.29, 1.82) is 0 Å². The maximum absolute atomic E-state index is 12.1. The van der Waals surface area contributed by atoms with Gasteiger partial charge in [-0.15, -0.1) is 0 Å². The van der Waals surface area contributed by atoms with Crippen molar-refractivity contribution in [2.24, 2.45) is 7.05 Å². The Morgan fingerprint density at radius 1 is 1.33 bits per heavy atom. The van der Waals surface area contributed by atoms with Gasteiger partial charge in [0, 0.05) is 45.2 Å². The largest absolute Gasteiger partial charge is 0.315 e. The summed E-state index contributed by atoms with van der Waals surface area (Å²) in [6, 6.07) is 8.10. The van der Waals surface area contributed by atoms with Gasteiger partial charge in [0.1, 0.15) is 6.33 Å². The lowest BCUT2D eigenvalue weighted by molar-refractivity contribution is -0.119. The fourth-order valence-corrected chi connectivity index (χ4v) is 2.68. The number of aromatic nitrogens is 3. The van der Waals surface area contributed by atoms with Gasteiger partial charge < -0.3 is 10.2 Å². The van der Waals surface area contributed by atoms with Gasteiger partial charge in [0.05, 0.1) is 0 Å². The molecule has 0 spiro atoms. The second-order valence-corrected chi connectivity index (χ2v) is 5.31. The van der Waals surface area contributed by atoms with Crippen molar-refractivity contribution in [3.8, 4) is 0 Å². The summed E-state index contributed by atoms with van der Waals surface area (Å²) in [5.41, 5.74) is 2.16. The molecule has 3 rings (SSSR count). The van der Waals surface area contributed by atoms with E-state index in [4.69, 9.17) is 0 Å². The lowest BCUT2D eigenvalue weighted by Gasteiger charge is -2.32. The molecule has 6 heteroatoms. The highest BCUT2D eigenvalue weighted by Gasteiger charge is 2.28. The van der Waals surface area contributed by atoms with Crippen molar-refractivity contribution in [3.63, 3.8) is 0 Å². The first kappa shape index (κ1) is 13.8. The van der Waals surface area contributed by atoms with E-state index < -0.39 is 0 Å². The van der Waals surface area contributed by atoms with Crippen LogP contribution in [0.25, 0.3) is 0 Å². The SMILES string of the molecule is CN1C(=O)CC(NCCc2ncn(C)n2)c2ccccc21. The lowest BCUT2D eigenvalue weighted by atomic mass is 9.96. The van der Waals surface area contributed by atoms with Crippen LogP contribution in [0.15, 0.2) is 30.6 Å². The van der Waals surface area contributed by atoms with Crippen LogP contribution in [0.4, 0.5) is 5.69 Å². The number of anilines is 1. The third-order valence-corrected chi connectivity index (χ3v) is 3.81. The fraction of sp³-hybridized carbons (Fsp3) is 0.400. The molecule has 1 atom stereocenters. The number of carbonyl (C=O) groups excluding carboxylic acids is 1. The van der Waals surface area contributed by atoms with Crippen molar-refractivity contribution in [2.75, 3.05) is 18.5 Å². The summed E-state index contributed by atoms with van der Waals surface area (Å²) in [6.45, 7) is 0.750. The monoisotopic (exact) mass is 285 g/mol. The Labute approximate surface area is 123 Å². The van der Waals surface area contributed by atoms with E-state index in [1.54, 1.807) is 15.9 Å². The first-order valence-corrected chi connectivity index (χ1v) is 7.08. The Hall–Kier alpha value is -2.21. The van der Waals surface area contributed by atoms with Gasteiger partial charge in [-0.25, -0.2) is 4.98 Å². The highest BCUT2D eigenvalue weighted by molar-refractivity contribution is 5.96. The van der Waals surface area contributed by atoms with E-state index in [-0.39, 0.29) is 11.9 Å². The molecule has 2 heterocycles. The normalized spacial score (nSPS) is 17.9. The van der Waals surface area contributed by atoms with Crippen LogP contribution in [-0.2, 0) is 18.3 Å². The van der Waals surface area contributed by atoms with Crippen LogP contribution in [0.2, 0.25) is 0 Å². The molecule has 1 aliphatic rings. The second-order valence-electron chi connectivity index (χ2n) is 5.31. The predicted molar refractivity (Wildman–Crippen MR) is 79.9 cm³/mol. The van der Waals surface area contributed by atoms with Crippen LogP contribution >= 0.6 is 0 Å². The fourth-order valence-electron chi connectivity index (χ4n) is 2.68. The molecule has 1 amide bonds. The maximum Gasteiger partial charge on any atom is 0.228 e. The van der Waals surface area contributed by atoms with Crippen molar-refractivity contribution in [2.45, 2.75) is 18.9 Å². The zero-order chi connectivity index (χ0) is 14.8. The number of para-hydroxylation sites is 1. The van der Waals surface area contributed by atoms with Crippen LogP contribution in [0.3, 0.4) is 0 Å². The zero-order valence-electron chi connectivity index (χ0n) is 12.3. The summed E-state index contributed by atoms with van der Waals surface area (Å²) in [4.78, 5) is 18.0. The van der Waals surface area contributed by atoms with E-state index in [0.29, 0.717) is 6.42 Å². The van der Waals surface area contributed by atoms with E-state index in [2.05, 4.69) is 21.5 Å². The van der Waals surface area contributed by atoms with Gasteiger partial charge in [-0.05, 0) is 11.6 Å². The molecule has 0 bridgehead atoms. The van der Waals surface area contributed by atoms with Gasteiger partial charge in [-0.3, -0.25) is 9.48 Å². The Bertz CT molecular complexity index is 651.